The normalized spacial score (nSPS) is 10.8. The van der Waals surface area contributed by atoms with E-state index >= 15 is 0 Å². The summed E-state index contributed by atoms with van der Waals surface area (Å²) in [6, 6.07) is 11.1. The molecule has 0 saturated carbocycles. The molecular formula is C17H24N4O3. The molecule has 24 heavy (non-hydrogen) atoms. The van der Waals surface area contributed by atoms with Crippen LogP contribution in [-0.4, -0.2) is 15.7 Å². The van der Waals surface area contributed by atoms with Gasteiger partial charge in [0.1, 0.15) is 5.82 Å². The van der Waals surface area contributed by atoms with Gasteiger partial charge in [-0.2, -0.15) is 0 Å². The molecule has 130 valence electrons. The topological polar surface area (TPSA) is 91.3 Å². The molecule has 3 N–H and O–H groups in total. The second-order valence-corrected chi connectivity index (χ2v) is 5.49. The second-order valence-electron chi connectivity index (χ2n) is 5.49. The van der Waals surface area contributed by atoms with Crippen molar-refractivity contribution in [3.63, 3.8) is 0 Å². The monoisotopic (exact) mass is 332 g/mol. The first-order chi connectivity index (χ1) is 11.7. The van der Waals surface area contributed by atoms with Crippen molar-refractivity contribution in [2.45, 2.75) is 39.5 Å². The van der Waals surface area contributed by atoms with E-state index in [1.54, 1.807) is 0 Å². The van der Waals surface area contributed by atoms with Gasteiger partial charge in [-0.1, -0.05) is 43.7 Å². The lowest BCUT2D eigenvalue weighted by atomic mass is 10.2. The van der Waals surface area contributed by atoms with E-state index in [1.165, 1.54) is 15.2 Å². The summed E-state index contributed by atoms with van der Waals surface area (Å²) in [6.45, 7) is 3.55. The molecule has 0 unspecified atom stereocenters. The highest BCUT2D eigenvalue weighted by Gasteiger charge is 2.10. The number of ether oxygens (including phenoxy) is 1. The van der Waals surface area contributed by atoms with Crippen LogP contribution in [0.3, 0.4) is 0 Å². The van der Waals surface area contributed by atoms with Crippen LogP contribution >= 0.6 is 0 Å². The van der Waals surface area contributed by atoms with E-state index in [0.29, 0.717) is 32.1 Å². The van der Waals surface area contributed by atoms with Crippen molar-refractivity contribution < 1.29 is 4.74 Å². The maximum atomic E-state index is 12.5. The molecule has 0 aliphatic heterocycles. The van der Waals surface area contributed by atoms with Crippen LogP contribution in [0.25, 0.3) is 0 Å². The maximum Gasteiger partial charge on any atom is 0.332 e. The quantitative estimate of drug-likeness (QED) is 0.410. The van der Waals surface area contributed by atoms with E-state index in [1.807, 2.05) is 37.3 Å². The molecule has 0 atom stereocenters. The van der Waals surface area contributed by atoms with Crippen molar-refractivity contribution in [2.24, 2.45) is 5.84 Å². The molecular weight excluding hydrogens is 308 g/mol. The van der Waals surface area contributed by atoms with Crippen LogP contribution in [0.1, 0.15) is 25.3 Å². The van der Waals surface area contributed by atoms with Gasteiger partial charge >= 0.3 is 5.69 Å². The largest absolute Gasteiger partial charge is 0.375 e. The van der Waals surface area contributed by atoms with E-state index in [2.05, 4.69) is 5.43 Å². The third kappa shape index (κ3) is 4.56. The zero-order valence-corrected chi connectivity index (χ0v) is 13.9. The molecule has 7 heteroatoms. The Hall–Kier alpha value is -2.38. The highest BCUT2D eigenvalue weighted by Crippen LogP contribution is 2.03. The number of benzene rings is 1. The zero-order chi connectivity index (χ0) is 17.4. The van der Waals surface area contributed by atoms with Gasteiger partial charge in [-0.05, 0) is 12.0 Å². The zero-order valence-electron chi connectivity index (χ0n) is 13.9. The molecule has 0 spiro atoms. The summed E-state index contributed by atoms with van der Waals surface area (Å²) >= 11 is 0. The molecule has 2 aromatic rings. The molecule has 0 saturated heterocycles. The lowest BCUT2D eigenvalue weighted by molar-refractivity contribution is 0.112. The Morgan fingerprint density at radius 2 is 1.88 bits per heavy atom. The van der Waals surface area contributed by atoms with Crippen molar-refractivity contribution in [3.05, 3.63) is 62.8 Å². The van der Waals surface area contributed by atoms with Crippen LogP contribution in [-0.2, 0) is 24.4 Å². The number of nitrogen functional groups attached to an aromatic ring is 1. The van der Waals surface area contributed by atoms with Crippen LogP contribution in [0.4, 0.5) is 5.82 Å². The Balaban J connectivity index is 2.07. The van der Waals surface area contributed by atoms with Gasteiger partial charge in [0.05, 0.1) is 19.8 Å². The third-order valence-electron chi connectivity index (χ3n) is 3.73. The lowest BCUT2D eigenvalue weighted by Crippen LogP contribution is -2.41. The van der Waals surface area contributed by atoms with Crippen molar-refractivity contribution in [2.75, 3.05) is 12.0 Å². The molecule has 0 amide bonds. The Bertz CT molecular complexity index is 753. The van der Waals surface area contributed by atoms with Gasteiger partial charge in [-0.25, -0.2) is 10.6 Å². The molecule has 7 nitrogen and oxygen atoms in total. The summed E-state index contributed by atoms with van der Waals surface area (Å²) in [4.78, 5) is 24.5. The summed E-state index contributed by atoms with van der Waals surface area (Å²) < 4.78 is 8.28. The fourth-order valence-electron chi connectivity index (χ4n) is 2.39. The first-order valence-electron chi connectivity index (χ1n) is 8.10. The van der Waals surface area contributed by atoms with Crippen LogP contribution in [0, 0.1) is 0 Å². The molecule has 1 aromatic carbocycles. The molecule has 0 aliphatic rings. The molecule has 2 rings (SSSR count). The minimum atomic E-state index is -0.368. The van der Waals surface area contributed by atoms with Gasteiger partial charge in [0.15, 0.2) is 0 Å². The van der Waals surface area contributed by atoms with Crippen LogP contribution in [0.5, 0.6) is 0 Å². The predicted octanol–water partition coefficient (Wildman–Crippen LogP) is 1.31. The third-order valence-corrected chi connectivity index (χ3v) is 3.73. The minimum Gasteiger partial charge on any atom is -0.375 e. The van der Waals surface area contributed by atoms with E-state index in [9.17, 15) is 9.59 Å². The number of anilines is 1. The maximum absolute atomic E-state index is 12.5. The van der Waals surface area contributed by atoms with E-state index in [4.69, 9.17) is 10.6 Å². The van der Waals surface area contributed by atoms with Crippen molar-refractivity contribution in [1.82, 2.24) is 9.13 Å². The molecule has 1 aromatic heterocycles. The molecule has 0 bridgehead atoms. The highest BCUT2D eigenvalue weighted by molar-refractivity contribution is 5.32. The Morgan fingerprint density at radius 1 is 1.12 bits per heavy atom. The van der Waals surface area contributed by atoms with Gasteiger partial charge in [-0.15, -0.1) is 0 Å². The first kappa shape index (κ1) is 18.0. The number of unbranched alkanes of at least 4 members (excludes halogenated alkanes) is 1. The van der Waals surface area contributed by atoms with Gasteiger partial charge in [0.2, 0.25) is 0 Å². The number of aromatic nitrogens is 2. The van der Waals surface area contributed by atoms with Crippen LogP contribution < -0.4 is 22.5 Å². The summed E-state index contributed by atoms with van der Waals surface area (Å²) in [5.74, 6) is 5.73. The van der Waals surface area contributed by atoms with E-state index < -0.39 is 0 Å². The molecule has 0 aliphatic carbocycles. The SMILES string of the molecule is CCCCn1c(=O)cc(NN)n(CCOCc2ccccc2)c1=O. The number of nitrogens with one attached hydrogen (secondary N) is 1. The van der Waals surface area contributed by atoms with Gasteiger partial charge < -0.3 is 10.2 Å². The van der Waals surface area contributed by atoms with Gasteiger partial charge in [0.25, 0.3) is 5.56 Å². The highest BCUT2D eigenvalue weighted by atomic mass is 16.5. The lowest BCUT2D eigenvalue weighted by Gasteiger charge is -2.14. The smallest absolute Gasteiger partial charge is 0.332 e. The standard InChI is InChI=1S/C17H24N4O3/c1-2-3-9-21-16(22)12-15(19-18)20(17(21)23)10-11-24-13-14-7-5-4-6-8-14/h4-8,12,19H,2-3,9-11,13,18H2,1H3. The fraction of sp³-hybridized carbons (Fsp3) is 0.412. The molecule has 0 fully saturated rings. The van der Waals surface area contributed by atoms with E-state index in [0.717, 1.165) is 18.4 Å². The van der Waals surface area contributed by atoms with Crippen molar-refractivity contribution in [3.8, 4) is 0 Å². The number of nitrogens with two attached hydrogens (primary N) is 1. The first-order valence-corrected chi connectivity index (χ1v) is 8.10. The van der Waals surface area contributed by atoms with Crippen molar-refractivity contribution in [1.29, 1.82) is 0 Å². The number of hydrogen-bond acceptors (Lipinski definition) is 5. The van der Waals surface area contributed by atoms with E-state index in [-0.39, 0.29) is 11.2 Å². The Morgan fingerprint density at radius 3 is 2.54 bits per heavy atom. The predicted molar refractivity (Wildman–Crippen MR) is 93.8 cm³/mol. The molecule has 0 radical (unpaired) electrons. The van der Waals surface area contributed by atoms with Crippen LogP contribution in [0.2, 0.25) is 0 Å². The summed E-state index contributed by atoms with van der Waals surface area (Å²) in [5.41, 5.74) is 2.77. The van der Waals surface area contributed by atoms with Crippen molar-refractivity contribution >= 4 is 5.82 Å². The number of hydrazine groups is 1. The summed E-state index contributed by atoms with van der Waals surface area (Å²) in [5, 5.41) is 0. The van der Waals surface area contributed by atoms with Crippen LogP contribution in [0.15, 0.2) is 46.0 Å². The summed E-state index contributed by atoms with van der Waals surface area (Å²) in [7, 11) is 0. The summed E-state index contributed by atoms with van der Waals surface area (Å²) in [6.07, 6.45) is 1.68. The number of nitrogens with zero attached hydrogens (tertiary/aromatic N) is 2. The number of rotatable bonds is 9. The molecule has 1 heterocycles. The average molecular weight is 332 g/mol. The second kappa shape index (κ2) is 9.05. The minimum absolute atomic E-state index is 0.293. The fourth-order valence-corrected chi connectivity index (χ4v) is 2.39. The van der Waals surface area contributed by atoms with Gasteiger partial charge in [-0.3, -0.25) is 13.9 Å². The Labute approximate surface area is 140 Å². The Kier molecular flexibility index (Phi) is 6.77. The average Bonchev–Trinajstić information content (AvgIpc) is 2.60. The van der Waals surface area contributed by atoms with Gasteiger partial charge in [0, 0.05) is 12.6 Å². The number of hydrogen-bond donors (Lipinski definition) is 2.